The summed E-state index contributed by atoms with van der Waals surface area (Å²) in [7, 11) is 2.98. The van der Waals surface area contributed by atoms with Crippen LogP contribution in [0.3, 0.4) is 0 Å². The maximum Gasteiger partial charge on any atom is 0.247 e. The number of rotatable bonds is 9. The molecular weight excluding hydrogens is 420 g/mol. The van der Waals surface area contributed by atoms with Gasteiger partial charge >= 0.3 is 0 Å². The molecule has 32 heavy (non-hydrogen) atoms. The van der Waals surface area contributed by atoms with E-state index in [4.69, 9.17) is 19.3 Å². The summed E-state index contributed by atoms with van der Waals surface area (Å²) < 4.78 is 16.6. The lowest BCUT2D eigenvalue weighted by Crippen LogP contribution is -2.56. The molecule has 0 fully saturated rings. The average Bonchev–Trinajstić information content (AvgIpc) is 3.18. The zero-order valence-electron chi connectivity index (χ0n) is 18.4. The molecule has 2 amide bonds. The van der Waals surface area contributed by atoms with Crippen LogP contribution in [0, 0.1) is 0 Å². The molecule has 1 aromatic rings. The second kappa shape index (κ2) is 10.3. The number of fused-ring (bicyclic) bond motifs is 3. The van der Waals surface area contributed by atoms with Gasteiger partial charge in [0.1, 0.15) is 12.2 Å². The Balaban J connectivity index is 2.11. The van der Waals surface area contributed by atoms with E-state index in [0.717, 1.165) is 0 Å². The Morgan fingerprint density at radius 3 is 2.59 bits per heavy atom. The third-order valence-corrected chi connectivity index (χ3v) is 5.80. The molecule has 1 aromatic carbocycles. The van der Waals surface area contributed by atoms with Gasteiger partial charge in [-0.3, -0.25) is 9.59 Å². The van der Waals surface area contributed by atoms with Gasteiger partial charge in [0.15, 0.2) is 11.5 Å². The molecule has 10 heteroatoms. The van der Waals surface area contributed by atoms with E-state index in [1.807, 2.05) is 0 Å². The zero-order chi connectivity index (χ0) is 23.4. The van der Waals surface area contributed by atoms with Crippen LogP contribution in [-0.4, -0.2) is 90.8 Å². The number of ether oxygens (including phenoxy) is 3. The minimum Gasteiger partial charge on any atom is -0.493 e. The van der Waals surface area contributed by atoms with Crippen molar-refractivity contribution >= 4 is 11.8 Å². The molecule has 4 atom stereocenters. The Hall–Kier alpha value is -2.66. The highest BCUT2D eigenvalue weighted by Gasteiger charge is 2.51. The van der Waals surface area contributed by atoms with Gasteiger partial charge in [-0.1, -0.05) is 0 Å². The highest BCUT2D eigenvalue weighted by molar-refractivity contribution is 5.96. The number of nitrogens with zero attached hydrogens (tertiary/aromatic N) is 1. The number of carbonyl (C=O) groups is 2. The fourth-order valence-electron chi connectivity index (χ4n) is 4.33. The van der Waals surface area contributed by atoms with E-state index < -0.39 is 30.1 Å². The van der Waals surface area contributed by atoms with Crippen molar-refractivity contribution in [3.8, 4) is 11.5 Å². The van der Waals surface area contributed by atoms with Crippen LogP contribution in [0.2, 0.25) is 0 Å². The average molecular weight is 450 g/mol. The lowest BCUT2D eigenvalue weighted by molar-refractivity contribution is -0.135. The van der Waals surface area contributed by atoms with Crippen LogP contribution >= 0.6 is 0 Å². The summed E-state index contributed by atoms with van der Waals surface area (Å²) in [6.45, 7) is 1.44. The lowest BCUT2D eigenvalue weighted by Gasteiger charge is -2.40. The van der Waals surface area contributed by atoms with Crippen molar-refractivity contribution in [3.63, 3.8) is 0 Å². The van der Waals surface area contributed by atoms with Crippen LogP contribution in [-0.2, 0) is 20.9 Å². The number of amides is 2. The maximum atomic E-state index is 13.0. The summed E-state index contributed by atoms with van der Waals surface area (Å²) in [5.41, 5.74) is 1.48. The van der Waals surface area contributed by atoms with Crippen LogP contribution in [0.4, 0.5) is 0 Å². The number of nitrogens with one attached hydrogen (secondary N) is 1. The van der Waals surface area contributed by atoms with Gasteiger partial charge in [0.2, 0.25) is 11.8 Å². The molecule has 4 N–H and O–H groups in total. The van der Waals surface area contributed by atoms with Gasteiger partial charge in [0.25, 0.3) is 0 Å². The van der Waals surface area contributed by atoms with Crippen molar-refractivity contribution in [1.82, 2.24) is 10.2 Å². The number of hydrogen-bond donors (Lipinski definition) is 4. The largest absolute Gasteiger partial charge is 0.493 e. The van der Waals surface area contributed by atoms with Crippen molar-refractivity contribution < 1.29 is 39.1 Å². The molecule has 0 radical (unpaired) electrons. The van der Waals surface area contributed by atoms with E-state index in [0.29, 0.717) is 28.2 Å². The van der Waals surface area contributed by atoms with E-state index in [1.165, 1.54) is 26.0 Å². The van der Waals surface area contributed by atoms with Gasteiger partial charge < -0.3 is 39.7 Å². The summed E-state index contributed by atoms with van der Waals surface area (Å²) in [5.74, 6) is -0.613. The Bertz CT molecular complexity index is 887. The standard InChI is InChI=1S/C22H30N2O8/c1-12(27)24(5-7-30-2)16-10-15(22(29)23-4-6-25)18-14-8-13(11-26)9-17(31-3)20(14)32-21(18)19(16)28/h8-10,16,18-19,21,25-26,28H,4-7,11H2,1-3H3,(H,23,29)/t16-,18+,19+,21+/m1/s1. The molecule has 176 valence electrons. The van der Waals surface area contributed by atoms with Crippen LogP contribution in [0.5, 0.6) is 11.5 Å². The van der Waals surface area contributed by atoms with Crippen molar-refractivity contribution in [2.75, 3.05) is 40.5 Å². The SMILES string of the molecule is COCCN(C(C)=O)[C@@H]1C=C(C(=O)NCCO)[C@@H]2c3cc(CO)cc(OC)c3O[C@@H]2[C@H]1O. The molecule has 0 saturated heterocycles. The summed E-state index contributed by atoms with van der Waals surface area (Å²) in [6.07, 6.45) is -0.418. The summed E-state index contributed by atoms with van der Waals surface area (Å²) in [5, 5.41) is 32.7. The Kier molecular flexibility index (Phi) is 7.73. The van der Waals surface area contributed by atoms with Gasteiger partial charge in [-0.25, -0.2) is 0 Å². The fourth-order valence-corrected chi connectivity index (χ4v) is 4.33. The number of methoxy groups -OCH3 is 2. The van der Waals surface area contributed by atoms with Crippen molar-refractivity contribution in [3.05, 3.63) is 34.9 Å². The molecule has 1 aliphatic heterocycles. The predicted molar refractivity (Wildman–Crippen MR) is 113 cm³/mol. The van der Waals surface area contributed by atoms with Crippen molar-refractivity contribution in [1.29, 1.82) is 0 Å². The van der Waals surface area contributed by atoms with Gasteiger partial charge in [0.05, 0.1) is 38.9 Å². The third-order valence-electron chi connectivity index (χ3n) is 5.80. The molecule has 1 heterocycles. The Morgan fingerprint density at radius 1 is 1.25 bits per heavy atom. The van der Waals surface area contributed by atoms with E-state index in [-0.39, 0.29) is 38.8 Å². The molecule has 10 nitrogen and oxygen atoms in total. The van der Waals surface area contributed by atoms with Crippen LogP contribution in [0.15, 0.2) is 23.8 Å². The summed E-state index contributed by atoms with van der Waals surface area (Å²) in [6, 6.07) is 2.53. The van der Waals surface area contributed by atoms with E-state index in [9.17, 15) is 19.8 Å². The second-order valence-electron chi connectivity index (χ2n) is 7.72. The second-order valence-corrected chi connectivity index (χ2v) is 7.72. The smallest absolute Gasteiger partial charge is 0.247 e. The summed E-state index contributed by atoms with van der Waals surface area (Å²) >= 11 is 0. The quantitative estimate of drug-likeness (QED) is 0.388. The van der Waals surface area contributed by atoms with E-state index in [1.54, 1.807) is 18.2 Å². The van der Waals surface area contributed by atoms with Gasteiger partial charge in [-0.15, -0.1) is 0 Å². The first-order valence-electron chi connectivity index (χ1n) is 10.4. The van der Waals surface area contributed by atoms with E-state index >= 15 is 0 Å². The van der Waals surface area contributed by atoms with Crippen LogP contribution < -0.4 is 14.8 Å². The van der Waals surface area contributed by atoms with Crippen molar-refractivity contribution in [2.24, 2.45) is 0 Å². The Morgan fingerprint density at radius 2 is 2.00 bits per heavy atom. The highest BCUT2D eigenvalue weighted by atomic mass is 16.5. The predicted octanol–water partition coefficient (Wildman–Crippen LogP) is -0.695. The number of carbonyl (C=O) groups excluding carboxylic acids is 2. The van der Waals surface area contributed by atoms with Gasteiger partial charge in [-0.05, 0) is 23.8 Å². The Labute approximate surface area is 186 Å². The number of hydrogen-bond acceptors (Lipinski definition) is 8. The molecule has 0 bridgehead atoms. The maximum absolute atomic E-state index is 13.0. The zero-order valence-corrected chi connectivity index (χ0v) is 18.4. The topological polar surface area (TPSA) is 138 Å². The minimum absolute atomic E-state index is 0.0502. The molecule has 0 saturated carbocycles. The van der Waals surface area contributed by atoms with E-state index in [2.05, 4.69) is 5.32 Å². The molecular formula is C22H30N2O8. The number of benzene rings is 1. The first kappa shape index (κ1) is 24.0. The van der Waals surface area contributed by atoms with Crippen LogP contribution in [0.1, 0.15) is 24.0 Å². The normalized spacial score (nSPS) is 23.5. The first-order chi connectivity index (χ1) is 15.4. The van der Waals surface area contributed by atoms with Gasteiger partial charge in [0, 0.05) is 38.3 Å². The lowest BCUT2D eigenvalue weighted by atomic mass is 9.77. The molecule has 0 aromatic heterocycles. The first-order valence-corrected chi connectivity index (χ1v) is 10.4. The molecule has 3 rings (SSSR count). The highest BCUT2D eigenvalue weighted by Crippen LogP contribution is 2.51. The molecule has 1 aliphatic carbocycles. The number of aliphatic hydroxyl groups is 3. The van der Waals surface area contributed by atoms with Crippen LogP contribution in [0.25, 0.3) is 0 Å². The third kappa shape index (κ3) is 4.44. The monoisotopic (exact) mass is 450 g/mol. The molecule has 0 unspecified atom stereocenters. The fraction of sp³-hybridized carbons (Fsp3) is 0.545. The summed E-state index contributed by atoms with van der Waals surface area (Å²) in [4.78, 5) is 26.8. The minimum atomic E-state index is -1.13. The molecule has 0 spiro atoms. The molecule has 2 aliphatic rings. The number of aliphatic hydroxyl groups excluding tert-OH is 3. The van der Waals surface area contributed by atoms with Crippen molar-refractivity contribution in [2.45, 2.75) is 37.7 Å². The van der Waals surface area contributed by atoms with Gasteiger partial charge in [-0.2, -0.15) is 0 Å².